The molecule has 10 nitrogen and oxygen atoms in total. The van der Waals surface area contributed by atoms with Crippen LogP contribution < -0.4 is 38.5 Å². The summed E-state index contributed by atoms with van der Waals surface area (Å²) in [5.41, 5.74) is 14.9. The van der Waals surface area contributed by atoms with Crippen LogP contribution in [0.2, 0.25) is 0 Å². The Morgan fingerprint density at radius 2 is 2.06 bits per heavy atom. The lowest BCUT2D eigenvalue weighted by molar-refractivity contribution is -0.676. The fraction of sp³-hybridized carbons (Fsp3) is 0.364. The number of hydrogen-bond acceptors (Lipinski definition) is 6. The van der Waals surface area contributed by atoms with E-state index in [0.29, 0.717) is 30.9 Å². The molecule has 1 amide bonds. The van der Waals surface area contributed by atoms with Crippen LogP contribution in [0, 0.1) is 0 Å². The van der Waals surface area contributed by atoms with Crippen molar-refractivity contribution in [1.82, 2.24) is 24.8 Å². The van der Waals surface area contributed by atoms with Crippen LogP contribution in [0.4, 0.5) is 5.82 Å². The van der Waals surface area contributed by atoms with Gasteiger partial charge in [-0.25, -0.2) is 19.1 Å². The number of amides is 1. The average Bonchev–Trinajstić information content (AvgIpc) is 3.37. The van der Waals surface area contributed by atoms with E-state index in [1.54, 1.807) is 12.3 Å². The number of aryl methyl sites for hydroxylation is 2. The van der Waals surface area contributed by atoms with Gasteiger partial charge in [0.25, 0.3) is 11.7 Å². The lowest BCUT2D eigenvalue weighted by Crippen LogP contribution is -3.00. The number of carbonyl (C=O) groups is 1. The van der Waals surface area contributed by atoms with Crippen molar-refractivity contribution >= 4 is 46.3 Å². The largest absolute Gasteiger partial charge is 1.00 e. The topological polar surface area (TPSA) is 141 Å². The monoisotopic (exact) mass is 508 g/mol. The number of fused-ring (bicyclic) bond motifs is 2. The van der Waals surface area contributed by atoms with Gasteiger partial charge in [0.1, 0.15) is 17.8 Å². The molecule has 0 saturated carbocycles. The van der Waals surface area contributed by atoms with Crippen LogP contribution >= 0.6 is 12.4 Å². The van der Waals surface area contributed by atoms with Gasteiger partial charge in [-0.15, -0.1) is 12.4 Å². The first kappa shape index (κ1) is 27.2. The average molecular weight is 509 g/mol. The molecule has 184 valence electrons. The molecular weight excluding hydrogens is 479 g/mol. The van der Waals surface area contributed by atoms with Crippen molar-refractivity contribution < 1.29 is 26.5 Å². The highest BCUT2D eigenvalue weighted by Gasteiger charge is 2.25. The number of hydrogen-bond donors (Lipinski definition) is 4. The molecule has 3 heterocycles. The number of aromatic amines is 1. The summed E-state index contributed by atoms with van der Waals surface area (Å²) < 4.78 is 10.2. The van der Waals surface area contributed by atoms with Crippen molar-refractivity contribution in [3.05, 3.63) is 42.0 Å². The van der Waals surface area contributed by atoms with Gasteiger partial charge in [-0.3, -0.25) is 4.79 Å². The molecular formula is C22H30Cl2N8O2. The van der Waals surface area contributed by atoms with E-state index in [1.807, 2.05) is 12.1 Å². The van der Waals surface area contributed by atoms with Crippen molar-refractivity contribution in [2.75, 3.05) is 18.9 Å². The molecule has 0 bridgehead atoms. The molecule has 0 radical (unpaired) electrons. The molecule has 0 aliphatic rings. The standard InChI is InChI=1S/C22H28N8O2.2ClH/c1-3-29-16-7-6-14(32-11-5-9-23)12-17(16)30(4-2)18(29)13-26-22(31)19-20(24)28-21-15(27-19)8-10-25-21;;/h6-8,10,12H,3-5,9,11,13,23H2,1-2H3,(H3-,24,25,26,27,28,31);2*1H. The molecule has 12 heteroatoms. The first-order chi connectivity index (χ1) is 15.6. The first-order valence-corrected chi connectivity index (χ1v) is 10.8. The van der Waals surface area contributed by atoms with E-state index >= 15 is 0 Å². The van der Waals surface area contributed by atoms with Gasteiger partial charge >= 0.3 is 0 Å². The quantitative estimate of drug-likeness (QED) is 0.167. The summed E-state index contributed by atoms with van der Waals surface area (Å²) in [7, 11) is 0. The number of ether oxygens (including phenoxy) is 1. The highest BCUT2D eigenvalue weighted by Crippen LogP contribution is 2.22. The summed E-state index contributed by atoms with van der Waals surface area (Å²) in [6.45, 7) is 7.18. The Kier molecular flexibility index (Phi) is 9.48. The van der Waals surface area contributed by atoms with Gasteiger partial charge in [0.05, 0.1) is 19.7 Å². The van der Waals surface area contributed by atoms with Gasteiger partial charge in [0.15, 0.2) is 28.2 Å². The van der Waals surface area contributed by atoms with Crippen LogP contribution in [-0.2, 0) is 19.6 Å². The fourth-order valence-electron chi connectivity index (χ4n) is 3.92. The Morgan fingerprint density at radius 1 is 1.26 bits per heavy atom. The molecule has 0 aliphatic carbocycles. The molecule has 0 unspecified atom stereocenters. The van der Waals surface area contributed by atoms with E-state index in [1.165, 1.54) is 0 Å². The normalized spacial score (nSPS) is 10.7. The summed E-state index contributed by atoms with van der Waals surface area (Å²) in [6, 6.07) is 7.81. The third-order valence-electron chi connectivity index (χ3n) is 5.43. The van der Waals surface area contributed by atoms with Crippen molar-refractivity contribution in [3.8, 4) is 5.75 Å². The second-order valence-corrected chi connectivity index (χ2v) is 7.40. The Bertz CT molecular complexity index is 1270. The molecule has 0 aliphatic heterocycles. The Morgan fingerprint density at radius 3 is 2.76 bits per heavy atom. The fourth-order valence-corrected chi connectivity index (χ4v) is 3.92. The molecule has 3 aromatic heterocycles. The number of aromatic nitrogens is 5. The second kappa shape index (κ2) is 11.9. The van der Waals surface area contributed by atoms with Gasteiger partial charge in [-0.1, -0.05) is 0 Å². The molecule has 6 N–H and O–H groups in total. The molecule has 4 aromatic rings. The summed E-state index contributed by atoms with van der Waals surface area (Å²) in [5, 5.41) is 2.96. The van der Waals surface area contributed by atoms with Crippen molar-refractivity contribution in [2.45, 2.75) is 39.9 Å². The number of nitrogens with two attached hydrogens (primary N) is 2. The molecule has 0 atom stereocenters. The SMILES string of the molecule is CCn1c(CNC(=O)c2nc3cc[nH]c3nc2N)[n+](CC)c2ccc(OCCCN)cc21.Cl.[Cl-]. The summed E-state index contributed by atoms with van der Waals surface area (Å²) in [5.74, 6) is 1.52. The van der Waals surface area contributed by atoms with Crippen LogP contribution in [-0.4, -0.2) is 38.6 Å². The minimum absolute atomic E-state index is 0. The van der Waals surface area contributed by atoms with Gasteiger partial charge in [0, 0.05) is 12.3 Å². The minimum atomic E-state index is -0.362. The number of nitrogens with zero attached hydrogens (tertiary/aromatic N) is 4. The van der Waals surface area contributed by atoms with Crippen LogP contribution in [0.1, 0.15) is 36.6 Å². The maximum Gasteiger partial charge on any atom is 0.277 e. The zero-order valence-electron chi connectivity index (χ0n) is 19.2. The maximum atomic E-state index is 12.9. The molecule has 0 fully saturated rings. The zero-order valence-corrected chi connectivity index (χ0v) is 20.7. The molecule has 34 heavy (non-hydrogen) atoms. The highest BCUT2D eigenvalue weighted by atomic mass is 35.5. The number of halogens is 2. The van der Waals surface area contributed by atoms with Gasteiger partial charge in [0.2, 0.25) is 0 Å². The number of rotatable bonds is 9. The molecule has 4 rings (SSSR count). The van der Waals surface area contributed by atoms with Gasteiger partial charge < -0.3 is 38.9 Å². The van der Waals surface area contributed by atoms with Gasteiger partial charge in [-0.2, -0.15) is 0 Å². The summed E-state index contributed by atoms with van der Waals surface area (Å²) in [6.07, 6.45) is 2.52. The lowest BCUT2D eigenvalue weighted by atomic mass is 10.3. The Hall–Kier alpha value is -3.08. The predicted molar refractivity (Wildman–Crippen MR) is 129 cm³/mol. The second-order valence-electron chi connectivity index (χ2n) is 7.40. The number of nitrogens with one attached hydrogen (secondary N) is 2. The van der Waals surface area contributed by atoms with Crippen LogP contribution in [0.25, 0.3) is 22.2 Å². The molecule has 0 saturated heterocycles. The molecule has 0 spiro atoms. The van der Waals surface area contributed by atoms with E-state index in [-0.39, 0.29) is 42.2 Å². The Balaban J connectivity index is 0.00000204. The minimum Gasteiger partial charge on any atom is -1.00 e. The van der Waals surface area contributed by atoms with Crippen LogP contribution in [0.15, 0.2) is 30.5 Å². The van der Waals surface area contributed by atoms with E-state index < -0.39 is 0 Å². The number of anilines is 1. The first-order valence-electron chi connectivity index (χ1n) is 10.8. The maximum absolute atomic E-state index is 12.9. The number of carbonyl (C=O) groups excluding carboxylic acids is 1. The third kappa shape index (κ3) is 5.19. The smallest absolute Gasteiger partial charge is 0.277 e. The van der Waals surface area contributed by atoms with E-state index in [4.69, 9.17) is 16.2 Å². The van der Waals surface area contributed by atoms with E-state index in [2.05, 4.69) is 49.3 Å². The number of benzene rings is 1. The number of imidazole rings is 1. The zero-order chi connectivity index (χ0) is 22.7. The van der Waals surface area contributed by atoms with Crippen LogP contribution in [0.5, 0.6) is 5.75 Å². The van der Waals surface area contributed by atoms with Crippen molar-refractivity contribution in [2.24, 2.45) is 5.73 Å². The third-order valence-corrected chi connectivity index (χ3v) is 5.43. The van der Waals surface area contributed by atoms with E-state index in [0.717, 1.165) is 42.1 Å². The summed E-state index contributed by atoms with van der Waals surface area (Å²) in [4.78, 5) is 24.4. The lowest BCUT2D eigenvalue weighted by Gasteiger charge is -2.07. The van der Waals surface area contributed by atoms with Crippen molar-refractivity contribution in [1.29, 1.82) is 0 Å². The highest BCUT2D eigenvalue weighted by molar-refractivity contribution is 5.98. The van der Waals surface area contributed by atoms with Gasteiger partial charge in [-0.05, 0) is 45.0 Å². The predicted octanol–water partition coefficient (Wildman–Crippen LogP) is -1.09. The van der Waals surface area contributed by atoms with Crippen LogP contribution in [0.3, 0.4) is 0 Å². The number of H-pyrrole nitrogens is 1. The Labute approximate surface area is 209 Å². The van der Waals surface area contributed by atoms with Crippen molar-refractivity contribution in [3.63, 3.8) is 0 Å². The molecule has 1 aromatic carbocycles. The van der Waals surface area contributed by atoms with E-state index in [9.17, 15) is 4.79 Å². The summed E-state index contributed by atoms with van der Waals surface area (Å²) >= 11 is 0. The number of nitrogen functional groups attached to an aromatic ring is 1.